The summed E-state index contributed by atoms with van der Waals surface area (Å²) in [5.41, 5.74) is 3.41. The van der Waals surface area contributed by atoms with Gasteiger partial charge in [-0.15, -0.1) is 0 Å². The van der Waals surface area contributed by atoms with E-state index in [-0.39, 0.29) is 12.1 Å². The van der Waals surface area contributed by atoms with E-state index in [0.29, 0.717) is 5.56 Å². The monoisotopic (exact) mass is 218 g/mol. The van der Waals surface area contributed by atoms with Crippen LogP contribution in [0.5, 0.6) is 0 Å². The van der Waals surface area contributed by atoms with Crippen LogP contribution in [0.1, 0.15) is 48.2 Å². The van der Waals surface area contributed by atoms with E-state index in [1.165, 1.54) is 24.0 Å². The first-order valence-electron chi connectivity index (χ1n) is 5.99. The first-order chi connectivity index (χ1) is 7.66. The number of hydrogen-bond acceptors (Lipinski definition) is 2. The zero-order chi connectivity index (χ0) is 11.5. The first-order valence-corrected chi connectivity index (χ1v) is 5.99. The normalized spacial score (nSPS) is 14.7. The van der Waals surface area contributed by atoms with Crippen LogP contribution in [-0.4, -0.2) is 12.1 Å². The van der Waals surface area contributed by atoms with Crippen LogP contribution in [0.25, 0.3) is 0 Å². The average Bonchev–Trinajstić information content (AvgIpc) is 2.27. The van der Waals surface area contributed by atoms with Gasteiger partial charge >= 0.3 is 5.97 Å². The molecule has 16 heavy (non-hydrogen) atoms. The molecule has 0 saturated heterocycles. The Morgan fingerprint density at radius 3 is 2.56 bits per heavy atom. The highest BCUT2D eigenvalue weighted by Gasteiger charge is 2.14. The third-order valence-electron chi connectivity index (χ3n) is 2.93. The molecule has 0 spiro atoms. The Hall–Kier alpha value is -1.31. The molecular formula is C14H18O2. The number of ether oxygens (including phenoxy) is 1. The molecule has 86 valence electrons. The van der Waals surface area contributed by atoms with Gasteiger partial charge in [0.05, 0.1) is 11.7 Å². The molecular weight excluding hydrogens is 200 g/mol. The van der Waals surface area contributed by atoms with E-state index in [2.05, 4.69) is 6.07 Å². The van der Waals surface area contributed by atoms with Crippen LogP contribution in [0.15, 0.2) is 18.2 Å². The number of aryl methyl sites for hydroxylation is 2. The summed E-state index contributed by atoms with van der Waals surface area (Å²) in [6.45, 7) is 3.74. The second-order valence-corrected chi connectivity index (χ2v) is 4.64. The smallest absolute Gasteiger partial charge is 0.338 e. The summed E-state index contributed by atoms with van der Waals surface area (Å²) in [6, 6.07) is 5.96. The SMILES string of the molecule is CC(C)OC(=O)c1ccc2c(c1)CCCC2. The molecule has 1 aliphatic rings. The Kier molecular flexibility index (Phi) is 3.28. The molecule has 2 nitrogen and oxygen atoms in total. The predicted octanol–water partition coefficient (Wildman–Crippen LogP) is 3.13. The third-order valence-corrected chi connectivity index (χ3v) is 2.93. The van der Waals surface area contributed by atoms with E-state index in [1.807, 2.05) is 26.0 Å². The summed E-state index contributed by atoms with van der Waals surface area (Å²) in [5.74, 6) is -0.205. The van der Waals surface area contributed by atoms with Gasteiger partial charge in [-0.1, -0.05) is 6.07 Å². The molecule has 0 atom stereocenters. The summed E-state index contributed by atoms with van der Waals surface area (Å²) in [7, 11) is 0. The molecule has 0 heterocycles. The molecule has 0 fully saturated rings. The van der Waals surface area contributed by atoms with Gasteiger partial charge < -0.3 is 4.74 Å². The molecule has 1 aromatic rings. The summed E-state index contributed by atoms with van der Waals surface area (Å²) in [5, 5.41) is 0. The minimum atomic E-state index is -0.205. The van der Waals surface area contributed by atoms with Crippen molar-refractivity contribution in [3.63, 3.8) is 0 Å². The van der Waals surface area contributed by atoms with E-state index in [9.17, 15) is 4.79 Å². The van der Waals surface area contributed by atoms with Gasteiger partial charge in [0, 0.05) is 0 Å². The summed E-state index contributed by atoms with van der Waals surface area (Å²) in [4.78, 5) is 11.7. The lowest BCUT2D eigenvalue weighted by molar-refractivity contribution is 0.0378. The molecule has 0 saturated carbocycles. The van der Waals surface area contributed by atoms with Crippen molar-refractivity contribution in [2.24, 2.45) is 0 Å². The number of benzene rings is 1. The van der Waals surface area contributed by atoms with Gasteiger partial charge in [0.2, 0.25) is 0 Å². The van der Waals surface area contributed by atoms with Gasteiger partial charge in [-0.05, 0) is 62.8 Å². The fourth-order valence-electron chi connectivity index (χ4n) is 2.14. The van der Waals surface area contributed by atoms with Crippen molar-refractivity contribution in [2.75, 3.05) is 0 Å². The number of hydrogen-bond donors (Lipinski definition) is 0. The number of rotatable bonds is 2. The zero-order valence-corrected chi connectivity index (χ0v) is 9.95. The summed E-state index contributed by atoms with van der Waals surface area (Å²) < 4.78 is 5.19. The number of carbonyl (C=O) groups excluding carboxylic acids is 1. The Bertz CT molecular complexity index is 394. The van der Waals surface area contributed by atoms with Crippen LogP contribution < -0.4 is 0 Å². The molecule has 0 N–H and O–H groups in total. The van der Waals surface area contributed by atoms with E-state index < -0.39 is 0 Å². The van der Waals surface area contributed by atoms with Crippen LogP contribution in [0.4, 0.5) is 0 Å². The van der Waals surface area contributed by atoms with Crippen molar-refractivity contribution < 1.29 is 9.53 Å². The quantitative estimate of drug-likeness (QED) is 0.713. The van der Waals surface area contributed by atoms with Crippen molar-refractivity contribution in [1.82, 2.24) is 0 Å². The van der Waals surface area contributed by atoms with Gasteiger partial charge in [0.25, 0.3) is 0 Å². The van der Waals surface area contributed by atoms with Gasteiger partial charge in [0.1, 0.15) is 0 Å². The van der Waals surface area contributed by atoms with Crippen molar-refractivity contribution in [3.05, 3.63) is 34.9 Å². The average molecular weight is 218 g/mol. The third kappa shape index (κ3) is 2.43. The van der Waals surface area contributed by atoms with Gasteiger partial charge in [-0.3, -0.25) is 0 Å². The second kappa shape index (κ2) is 4.69. The molecule has 2 rings (SSSR count). The predicted molar refractivity (Wildman–Crippen MR) is 63.6 cm³/mol. The van der Waals surface area contributed by atoms with Crippen molar-refractivity contribution in [2.45, 2.75) is 45.6 Å². The molecule has 0 bridgehead atoms. The van der Waals surface area contributed by atoms with Crippen LogP contribution in [0.2, 0.25) is 0 Å². The lowest BCUT2D eigenvalue weighted by Gasteiger charge is -2.16. The number of carbonyl (C=O) groups is 1. The number of fused-ring (bicyclic) bond motifs is 1. The molecule has 0 radical (unpaired) electrons. The van der Waals surface area contributed by atoms with Gasteiger partial charge in [-0.25, -0.2) is 4.79 Å². The fourth-order valence-corrected chi connectivity index (χ4v) is 2.14. The maximum atomic E-state index is 11.7. The van der Waals surface area contributed by atoms with E-state index in [4.69, 9.17) is 4.74 Å². The lowest BCUT2D eigenvalue weighted by Crippen LogP contribution is -2.13. The van der Waals surface area contributed by atoms with E-state index in [1.54, 1.807) is 0 Å². The minimum Gasteiger partial charge on any atom is -0.459 e. The molecule has 1 aliphatic carbocycles. The van der Waals surface area contributed by atoms with Crippen LogP contribution in [0, 0.1) is 0 Å². The fraction of sp³-hybridized carbons (Fsp3) is 0.500. The van der Waals surface area contributed by atoms with E-state index >= 15 is 0 Å². The topological polar surface area (TPSA) is 26.3 Å². The zero-order valence-electron chi connectivity index (χ0n) is 9.95. The van der Waals surface area contributed by atoms with Crippen molar-refractivity contribution >= 4 is 5.97 Å². The van der Waals surface area contributed by atoms with Crippen LogP contribution >= 0.6 is 0 Å². The molecule has 0 unspecified atom stereocenters. The molecule has 0 aliphatic heterocycles. The highest BCUT2D eigenvalue weighted by atomic mass is 16.5. The second-order valence-electron chi connectivity index (χ2n) is 4.64. The van der Waals surface area contributed by atoms with Gasteiger partial charge in [-0.2, -0.15) is 0 Å². The van der Waals surface area contributed by atoms with E-state index in [0.717, 1.165) is 12.8 Å². The summed E-state index contributed by atoms with van der Waals surface area (Å²) >= 11 is 0. The van der Waals surface area contributed by atoms with Gasteiger partial charge in [0.15, 0.2) is 0 Å². The maximum absolute atomic E-state index is 11.7. The Labute approximate surface area is 96.6 Å². The Balaban J connectivity index is 2.19. The highest BCUT2D eigenvalue weighted by Crippen LogP contribution is 2.22. The number of esters is 1. The lowest BCUT2D eigenvalue weighted by atomic mass is 9.90. The molecule has 0 amide bonds. The molecule has 1 aromatic carbocycles. The van der Waals surface area contributed by atoms with Crippen molar-refractivity contribution in [1.29, 1.82) is 0 Å². The largest absolute Gasteiger partial charge is 0.459 e. The first kappa shape index (κ1) is 11.2. The van der Waals surface area contributed by atoms with Crippen molar-refractivity contribution in [3.8, 4) is 0 Å². The minimum absolute atomic E-state index is 0.0523. The van der Waals surface area contributed by atoms with Crippen LogP contribution in [-0.2, 0) is 17.6 Å². The Morgan fingerprint density at radius 2 is 1.88 bits per heavy atom. The maximum Gasteiger partial charge on any atom is 0.338 e. The standard InChI is InChI=1S/C14H18O2/c1-10(2)16-14(15)13-8-7-11-5-3-4-6-12(11)9-13/h7-10H,3-6H2,1-2H3. The van der Waals surface area contributed by atoms with Crippen LogP contribution in [0.3, 0.4) is 0 Å². The highest BCUT2D eigenvalue weighted by molar-refractivity contribution is 5.89. The molecule has 0 aromatic heterocycles. The Morgan fingerprint density at radius 1 is 1.19 bits per heavy atom. The summed E-state index contributed by atoms with van der Waals surface area (Å²) in [6.07, 6.45) is 4.69. The molecule has 2 heteroatoms.